The molecule has 0 aliphatic carbocycles. The summed E-state index contributed by atoms with van der Waals surface area (Å²) in [6.45, 7) is 12.4. The van der Waals surface area contributed by atoms with Gasteiger partial charge >= 0.3 is 0 Å². The van der Waals surface area contributed by atoms with Gasteiger partial charge in [-0.1, -0.05) is 25.3 Å². The molecule has 0 fully saturated rings. The number of aryl methyl sites for hydroxylation is 2. The molecule has 18 heavy (non-hydrogen) atoms. The lowest BCUT2D eigenvalue weighted by atomic mass is 9.98. The maximum Gasteiger partial charge on any atom is -0.0171 e. The minimum Gasteiger partial charge on any atom is -0.0912 e. The molecule has 0 amide bonds. The van der Waals surface area contributed by atoms with Crippen LogP contribution in [0.1, 0.15) is 11.1 Å². The lowest BCUT2D eigenvalue weighted by Crippen LogP contribution is -2.20. The van der Waals surface area contributed by atoms with Gasteiger partial charge in [0.2, 0.25) is 0 Å². The van der Waals surface area contributed by atoms with Crippen LogP contribution in [0.2, 0.25) is 0 Å². The molecule has 0 atom stereocenters. The molecule has 0 unspecified atom stereocenters. The molecule has 0 bridgehead atoms. The molecule has 0 radical (unpaired) electrons. The van der Waals surface area contributed by atoms with Gasteiger partial charge in [0.1, 0.15) is 0 Å². The maximum absolute atomic E-state index is 4.02. The van der Waals surface area contributed by atoms with Gasteiger partial charge < -0.3 is 0 Å². The van der Waals surface area contributed by atoms with Gasteiger partial charge in [0, 0.05) is 0 Å². The van der Waals surface area contributed by atoms with E-state index in [2.05, 4.69) is 63.4 Å². The lowest BCUT2D eigenvalue weighted by Gasteiger charge is -2.06. The van der Waals surface area contributed by atoms with Crippen LogP contribution < -0.4 is 10.4 Å². The smallest absolute Gasteiger partial charge is 0.0171 e. The number of hydrogen-bond donors (Lipinski definition) is 0. The normalized spacial score (nSPS) is 11.2. The number of hydrogen-bond acceptors (Lipinski definition) is 0. The lowest BCUT2D eigenvalue weighted by molar-refractivity contribution is 1.37. The molecular formula is C18H16. The minimum absolute atomic E-state index is 1.01. The van der Waals surface area contributed by atoms with Crippen LogP contribution in [-0.2, 0) is 0 Å². The van der Waals surface area contributed by atoms with Gasteiger partial charge in [-0.3, -0.25) is 0 Å². The molecule has 88 valence electrons. The first-order valence-electron chi connectivity index (χ1n) is 6.17. The van der Waals surface area contributed by atoms with Crippen molar-refractivity contribution in [2.24, 2.45) is 0 Å². The van der Waals surface area contributed by atoms with Crippen LogP contribution in [0.15, 0.2) is 36.4 Å². The molecule has 3 rings (SSSR count). The Hall–Kier alpha value is -2.08. The SMILES string of the molecule is C=c1cc2cc3cc(C)c(C)cc3cc2cc1=C. The van der Waals surface area contributed by atoms with E-state index in [1.54, 1.807) is 0 Å². The van der Waals surface area contributed by atoms with Crippen LogP contribution in [0.5, 0.6) is 0 Å². The standard InChI is InChI=1S/C18H16/c1-11-5-15-9-17-7-13(3)14(4)8-18(17)10-16(15)6-12(11)2/h5-10H,1-2H2,3-4H3. The Morgan fingerprint density at radius 1 is 0.556 bits per heavy atom. The molecule has 0 aliphatic rings. The van der Waals surface area contributed by atoms with Gasteiger partial charge in [-0.2, -0.15) is 0 Å². The van der Waals surface area contributed by atoms with Crippen molar-refractivity contribution in [3.63, 3.8) is 0 Å². The number of rotatable bonds is 0. The number of benzene rings is 3. The molecule has 0 spiro atoms. The molecule has 0 aliphatic heterocycles. The summed E-state index contributed by atoms with van der Waals surface area (Å²) in [6, 6.07) is 13.2. The summed E-state index contributed by atoms with van der Waals surface area (Å²) in [7, 11) is 0. The Kier molecular flexibility index (Phi) is 2.27. The van der Waals surface area contributed by atoms with E-state index in [0.717, 1.165) is 10.4 Å². The Morgan fingerprint density at radius 2 is 0.889 bits per heavy atom. The highest BCUT2D eigenvalue weighted by Gasteiger charge is 2.01. The van der Waals surface area contributed by atoms with E-state index in [0.29, 0.717) is 0 Å². The molecule has 3 aromatic rings. The van der Waals surface area contributed by atoms with Crippen molar-refractivity contribution in [2.75, 3.05) is 0 Å². The van der Waals surface area contributed by atoms with E-state index in [1.165, 1.54) is 32.7 Å². The first-order valence-corrected chi connectivity index (χ1v) is 6.17. The van der Waals surface area contributed by atoms with Gasteiger partial charge in [0.25, 0.3) is 0 Å². The van der Waals surface area contributed by atoms with Crippen LogP contribution in [0.25, 0.3) is 34.7 Å². The van der Waals surface area contributed by atoms with Gasteiger partial charge in [-0.25, -0.2) is 0 Å². The third kappa shape index (κ3) is 1.62. The topological polar surface area (TPSA) is 0 Å². The monoisotopic (exact) mass is 232 g/mol. The van der Waals surface area contributed by atoms with Crippen molar-refractivity contribution in [2.45, 2.75) is 13.8 Å². The van der Waals surface area contributed by atoms with Gasteiger partial charge in [0.05, 0.1) is 0 Å². The molecule has 0 saturated carbocycles. The summed E-state index contributed by atoms with van der Waals surface area (Å²) in [5.74, 6) is 0. The summed E-state index contributed by atoms with van der Waals surface area (Å²) in [5, 5.41) is 7.08. The highest BCUT2D eigenvalue weighted by molar-refractivity contribution is 5.98. The summed E-state index contributed by atoms with van der Waals surface area (Å²) in [5.41, 5.74) is 2.68. The van der Waals surface area contributed by atoms with Crippen molar-refractivity contribution in [3.05, 3.63) is 58.0 Å². The van der Waals surface area contributed by atoms with Crippen LogP contribution in [0.4, 0.5) is 0 Å². The second-order valence-electron chi connectivity index (χ2n) is 5.10. The first kappa shape index (κ1) is 11.0. The van der Waals surface area contributed by atoms with E-state index in [-0.39, 0.29) is 0 Å². The molecule has 0 heterocycles. The van der Waals surface area contributed by atoms with Crippen LogP contribution in [0, 0.1) is 13.8 Å². The van der Waals surface area contributed by atoms with Crippen LogP contribution in [-0.4, -0.2) is 0 Å². The third-order valence-electron chi connectivity index (χ3n) is 3.73. The van der Waals surface area contributed by atoms with E-state index in [1.807, 2.05) is 0 Å². The van der Waals surface area contributed by atoms with E-state index < -0.39 is 0 Å². The second-order valence-corrected chi connectivity index (χ2v) is 5.10. The molecule has 0 heteroatoms. The van der Waals surface area contributed by atoms with Crippen molar-refractivity contribution in [3.8, 4) is 0 Å². The fraction of sp³-hybridized carbons (Fsp3) is 0.111. The third-order valence-corrected chi connectivity index (χ3v) is 3.73. The predicted molar refractivity (Wildman–Crippen MR) is 81.2 cm³/mol. The molecule has 0 N–H and O–H groups in total. The minimum atomic E-state index is 1.01. The Bertz CT molecular complexity index is 796. The van der Waals surface area contributed by atoms with Gasteiger partial charge in [-0.05, 0) is 81.2 Å². The van der Waals surface area contributed by atoms with Crippen molar-refractivity contribution >= 4 is 34.7 Å². The number of fused-ring (bicyclic) bond motifs is 2. The quantitative estimate of drug-likeness (QED) is 0.521. The van der Waals surface area contributed by atoms with Crippen molar-refractivity contribution in [1.29, 1.82) is 0 Å². The fourth-order valence-electron chi connectivity index (χ4n) is 2.42. The Balaban J connectivity index is 2.51. The van der Waals surface area contributed by atoms with Gasteiger partial charge in [0.15, 0.2) is 0 Å². The predicted octanol–water partition coefficient (Wildman–Crippen LogP) is 3.43. The molecule has 0 nitrogen and oxygen atoms in total. The summed E-state index contributed by atoms with van der Waals surface area (Å²) in [4.78, 5) is 0. The van der Waals surface area contributed by atoms with Crippen molar-refractivity contribution in [1.82, 2.24) is 0 Å². The average molecular weight is 232 g/mol. The van der Waals surface area contributed by atoms with Crippen LogP contribution >= 0.6 is 0 Å². The van der Waals surface area contributed by atoms with E-state index >= 15 is 0 Å². The second kappa shape index (κ2) is 3.71. The summed E-state index contributed by atoms with van der Waals surface area (Å²) in [6.07, 6.45) is 0. The molecule has 0 saturated heterocycles. The highest BCUT2D eigenvalue weighted by atomic mass is 14.1. The first-order chi connectivity index (χ1) is 8.54. The largest absolute Gasteiger partial charge is 0.0912 e. The van der Waals surface area contributed by atoms with Gasteiger partial charge in [-0.15, -0.1) is 0 Å². The Morgan fingerprint density at radius 3 is 1.28 bits per heavy atom. The van der Waals surface area contributed by atoms with E-state index in [4.69, 9.17) is 0 Å². The molecule has 0 aromatic heterocycles. The Labute approximate surface area is 107 Å². The molecule has 3 aromatic carbocycles. The zero-order valence-electron chi connectivity index (χ0n) is 10.9. The van der Waals surface area contributed by atoms with Crippen molar-refractivity contribution < 1.29 is 0 Å². The summed E-state index contributed by atoms with van der Waals surface area (Å²) >= 11 is 0. The van der Waals surface area contributed by atoms with Crippen LogP contribution in [0.3, 0.4) is 0 Å². The summed E-state index contributed by atoms with van der Waals surface area (Å²) < 4.78 is 0. The average Bonchev–Trinajstić information content (AvgIpc) is 2.31. The zero-order chi connectivity index (χ0) is 12.9. The highest BCUT2D eigenvalue weighted by Crippen LogP contribution is 2.24. The zero-order valence-corrected chi connectivity index (χ0v) is 10.9. The van der Waals surface area contributed by atoms with E-state index in [9.17, 15) is 0 Å². The molecular weight excluding hydrogens is 216 g/mol. The maximum atomic E-state index is 4.02. The fourth-order valence-corrected chi connectivity index (χ4v) is 2.42.